The highest BCUT2D eigenvalue weighted by atomic mass is 35.5. The molecule has 0 saturated carbocycles. The summed E-state index contributed by atoms with van der Waals surface area (Å²) in [5.74, 6) is 0. The lowest BCUT2D eigenvalue weighted by Crippen LogP contribution is -2.38. The van der Waals surface area contributed by atoms with Gasteiger partial charge in [0.25, 0.3) is 0 Å². The molecule has 2 rings (SSSR count). The summed E-state index contributed by atoms with van der Waals surface area (Å²) in [6.07, 6.45) is 7.34. The van der Waals surface area contributed by atoms with Crippen molar-refractivity contribution in [3.63, 3.8) is 0 Å². The minimum atomic E-state index is 0.554. The van der Waals surface area contributed by atoms with Gasteiger partial charge in [-0.25, -0.2) is 0 Å². The van der Waals surface area contributed by atoms with Crippen LogP contribution in [0.3, 0.4) is 0 Å². The van der Waals surface area contributed by atoms with E-state index >= 15 is 0 Å². The van der Waals surface area contributed by atoms with Crippen LogP contribution in [-0.4, -0.2) is 31.2 Å². The van der Waals surface area contributed by atoms with Gasteiger partial charge in [-0.15, -0.1) is 0 Å². The third-order valence-electron chi connectivity index (χ3n) is 3.17. The van der Waals surface area contributed by atoms with Crippen LogP contribution in [-0.2, 0) is 0 Å². The Labute approximate surface area is 102 Å². The quantitative estimate of drug-likeness (QED) is 0.859. The number of nitrogens with zero attached hydrogens (tertiary/aromatic N) is 2. The third kappa shape index (κ3) is 2.66. The van der Waals surface area contributed by atoms with Crippen molar-refractivity contribution in [2.45, 2.75) is 25.3 Å². The minimum Gasteiger partial charge on any atom is -0.368 e. The van der Waals surface area contributed by atoms with Gasteiger partial charge >= 0.3 is 0 Å². The maximum atomic E-state index is 6.20. The Bertz CT molecular complexity index is 343. The zero-order valence-corrected chi connectivity index (χ0v) is 10.4. The van der Waals surface area contributed by atoms with Crippen LogP contribution >= 0.6 is 11.6 Å². The zero-order valence-electron chi connectivity index (χ0n) is 9.62. The topological polar surface area (TPSA) is 28.2 Å². The molecule has 4 heteroatoms. The van der Waals surface area contributed by atoms with E-state index < -0.39 is 0 Å². The molecule has 0 unspecified atom stereocenters. The van der Waals surface area contributed by atoms with Gasteiger partial charge in [-0.05, 0) is 26.0 Å². The van der Waals surface area contributed by atoms with E-state index in [2.05, 4.69) is 15.2 Å². The van der Waals surface area contributed by atoms with Crippen LogP contribution in [0, 0.1) is 0 Å². The molecule has 3 nitrogen and oxygen atoms in total. The molecule has 0 aliphatic carbocycles. The van der Waals surface area contributed by atoms with Crippen LogP contribution in [0.2, 0.25) is 5.02 Å². The Kier molecular flexibility index (Phi) is 4.02. The Morgan fingerprint density at radius 1 is 1.50 bits per heavy atom. The Morgan fingerprint density at radius 2 is 2.38 bits per heavy atom. The van der Waals surface area contributed by atoms with Crippen molar-refractivity contribution < 1.29 is 0 Å². The molecule has 1 fully saturated rings. The largest absolute Gasteiger partial charge is 0.368 e. The summed E-state index contributed by atoms with van der Waals surface area (Å²) in [5.41, 5.74) is 1.06. The molecule has 0 bridgehead atoms. The first-order valence-electron chi connectivity index (χ1n) is 5.83. The Morgan fingerprint density at radius 3 is 3.12 bits per heavy atom. The van der Waals surface area contributed by atoms with Crippen LogP contribution in [0.5, 0.6) is 0 Å². The number of aromatic nitrogens is 1. The fourth-order valence-electron chi connectivity index (χ4n) is 2.20. The lowest BCUT2D eigenvalue weighted by Gasteiger charge is -2.26. The monoisotopic (exact) mass is 239 g/mol. The molecular formula is C12H18ClN3. The highest BCUT2D eigenvalue weighted by Crippen LogP contribution is 2.26. The first kappa shape index (κ1) is 11.7. The molecule has 0 spiro atoms. The summed E-state index contributed by atoms with van der Waals surface area (Å²) in [5, 5.41) is 4.16. The molecule has 16 heavy (non-hydrogen) atoms. The predicted octanol–water partition coefficient (Wildman–Crippen LogP) is 2.31. The van der Waals surface area contributed by atoms with Crippen molar-refractivity contribution in [1.82, 2.24) is 10.3 Å². The Hall–Kier alpha value is -0.800. The molecule has 1 aliphatic heterocycles. The van der Waals surface area contributed by atoms with Gasteiger partial charge in [0.15, 0.2) is 0 Å². The van der Waals surface area contributed by atoms with E-state index in [9.17, 15) is 0 Å². The van der Waals surface area contributed by atoms with E-state index in [0.717, 1.165) is 23.8 Å². The van der Waals surface area contributed by atoms with Gasteiger partial charge in [-0.3, -0.25) is 4.98 Å². The molecule has 0 radical (unpaired) electrons. The number of anilines is 1. The summed E-state index contributed by atoms with van der Waals surface area (Å²) >= 11 is 6.20. The molecule has 1 saturated heterocycles. The van der Waals surface area contributed by atoms with Gasteiger partial charge in [0.2, 0.25) is 0 Å². The fraction of sp³-hybridized carbons (Fsp3) is 0.583. The summed E-state index contributed by atoms with van der Waals surface area (Å²) in [6.45, 7) is 2.09. The van der Waals surface area contributed by atoms with Crippen LogP contribution in [0.15, 0.2) is 18.5 Å². The second-order valence-corrected chi connectivity index (χ2v) is 4.66. The molecule has 1 aromatic heterocycles. The third-order valence-corrected chi connectivity index (χ3v) is 3.49. The second kappa shape index (κ2) is 5.51. The smallest absolute Gasteiger partial charge is 0.0742 e. The lowest BCUT2D eigenvalue weighted by atomic mass is 10.1. The van der Waals surface area contributed by atoms with E-state index in [1.165, 1.54) is 19.3 Å². The predicted molar refractivity (Wildman–Crippen MR) is 68.2 cm³/mol. The van der Waals surface area contributed by atoms with E-state index in [1.54, 1.807) is 6.20 Å². The van der Waals surface area contributed by atoms with Gasteiger partial charge < -0.3 is 10.2 Å². The number of hydrogen-bond acceptors (Lipinski definition) is 3. The second-order valence-electron chi connectivity index (χ2n) is 4.25. The first-order valence-corrected chi connectivity index (χ1v) is 6.21. The van der Waals surface area contributed by atoms with Crippen molar-refractivity contribution >= 4 is 17.3 Å². The van der Waals surface area contributed by atoms with E-state index in [-0.39, 0.29) is 0 Å². The Balaban J connectivity index is 2.16. The normalized spacial score (nSPS) is 21.9. The summed E-state index contributed by atoms with van der Waals surface area (Å²) < 4.78 is 0. The zero-order chi connectivity index (χ0) is 11.4. The van der Waals surface area contributed by atoms with Crippen molar-refractivity contribution in [3.05, 3.63) is 23.5 Å². The van der Waals surface area contributed by atoms with Crippen molar-refractivity contribution in [3.8, 4) is 0 Å². The highest BCUT2D eigenvalue weighted by molar-refractivity contribution is 6.33. The van der Waals surface area contributed by atoms with Crippen molar-refractivity contribution in [1.29, 1.82) is 0 Å². The van der Waals surface area contributed by atoms with Crippen LogP contribution in [0.4, 0.5) is 5.69 Å². The van der Waals surface area contributed by atoms with Crippen molar-refractivity contribution in [2.24, 2.45) is 0 Å². The van der Waals surface area contributed by atoms with Crippen molar-refractivity contribution in [2.75, 3.05) is 25.0 Å². The van der Waals surface area contributed by atoms with Gasteiger partial charge in [0.1, 0.15) is 0 Å². The minimum absolute atomic E-state index is 0.554. The number of pyridine rings is 1. The summed E-state index contributed by atoms with van der Waals surface area (Å²) in [4.78, 5) is 6.49. The number of hydrogen-bond donors (Lipinski definition) is 1. The standard InChI is InChI=1S/C12H18ClN3/c1-14-10-4-2-3-7-16(9-10)12-8-15-6-5-11(12)13/h5-6,8,10,14H,2-4,7,9H2,1H3/t10-/m1/s1. The average molecular weight is 240 g/mol. The van der Waals surface area contributed by atoms with E-state index in [4.69, 9.17) is 11.6 Å². The molecule has 1 atom stereocenters. The van der Waals surface area contributed by atoms with Gasteiger partial charge in [-0.1, -0.05) is 18.0 Å². The number of rotatable bonds is 2. The molecule has 0 aromatic carbocycles. The molecule has 0 amide bonds. The molecular weight excluding hydrogens is 222 g/mol. The SMILES string of the molecule is CN[C@@H]1CCCCN(c2cnccc2Cl)C1. The average Bonchev–Trinajstić information content (AvgIpc) is 2.55. The fourth-order valence-corrected chi connectivity index (χ4v) is 2.42. The number of nitrogens with one attached hydrogen (secondary N) is 1. The van der Waals surface area contributed by atoms with Crippen LogP contribution in [0.1, 0.15) is 19.3 Å². The molecule has 88 valence electrons. The first-order chi connectivity index (χ1) is 7.81. The molecule has 2 heterocycles. The van der Waals surface area contributed by atoms with Crippen LogP contribution < -0.4 is 10.2 Å². The van der Waals surface area contributed by atoms with Crippen LogP contribution in [0.25, 0.3) is 0 Å². The highest BCUT2D eigenvalue weighted by Gasteiger charge is 2.18. The molecule has 1 aliphatic rings. The lowest BCUT2D eigenvalue weighted by molar-refractivity contribution is 0.532. The maximum absolute atomic E-state index is 6.20. The van der Waals surface area contributed by atoms with Gasteiger partial charge in [-0.2, -0.15) is 0 Å². The number of halogens is 1. The summed E-state index contributed by atoms with van der Waals surface area (Å²) in [6, 6.07) is 2.41. The summed E-state index contributed by atoms with van der Waals surface area (Å²) in [7, 11) is 2.03. The molecule has 1 N–H and O–H groups in total. The van der Waals surface area contributed by atoms with Gasteiger partial charge in [0.05, 0.1) is 16.9 Å². The molecule has 1 aromatic rings. The van der Waals surface area contributed by atoms with E-state index in [0.29, 0.717) is 6.04 Å². The van der Waals surface area contributed by atoms with Gasteiger partial charge in [0, 0.05) is 25.3 Å². The maximum Gasteiger partial charge on any atom is 0.0742 e. The van der Waals surface area contributed by atoms with E-state index in [1.807, 2.05) is 19.3 Å². The number of likely N-dealkylation sites (N-methyl/N-ethyl adjacent to an activating group) is 1.